The first kappa shape index (κ1) is 25.2. The molecule has 2 aliphatic rings. The van der Waals surface area contributed by atoms with Crippen molar-refractivity contribution in [3.63, 3.8) is 0 Å². The number of amides is 4. The minimum atomic E-state index is -0.892. The van der Waals surface area contributed by atoms with Gasteiger partial charge in [-0.1, -0.05) is 30.3 Å². The van der Waals surface area contributed by atoms with Crippen LogP contribution >= 0.6 is 0 Å². The van der Waals surface area contributed by atoms with Gasteiger partial charge in [0.15, 0.2) is 0 Å². The number of para-hydroxylation sites is 3. The molecular formula is C26H31N5O5. The van der Waals surface area contributed by atoms with Crippen molar-refractivity contribution >= 4 is 40.7 Å². The summed E-state index contributed by atoms with van der Waals surface area (Å²) in [7, 11) is 1.57. The molecule has 10 nitrogen and oxygen atoms in total. The lowest BCUT2D eigenvalue weighted by Crippen LogP contribution is -2.54. The maximum absolute atomic E-state index is 13.2. The smallest absolute Gasteiger partial charge is 0.247 e. The third-order valence-electron chi connectivity index (χ3n) is 6.42. The van der Waals surface area contributed by atoms with Crippen LogP contribution in [0.1, 0.15) is 12.0 Å². The van der Waals surface area contributed by atoms with Crippen molar-refractivity contribution in [3.8, 4) is 0 Å². The van der Waals surface area contributed by atoms with Gasteiger partial charge in [-0.25, -0.2) is 0 Å². The number of aryl methyl sites for hydroxylation is 1. The molecule has 1 saturated heterocycles. The number of hydrogen-bond acceptors (Lipinski definition) is 6. The number of hydrogen-bond donors (Lipinski definition) is 2. The summed E-state index contributed by atoms with van der Waals surface area (Å²) in [5, 5.41) is 5.70. The molecule has 2 aliphatic heterocycles. The Balaban J connectivity index is 1.48. The first-order chi connectivity index (χ1) is 17.3. The molecule has 10 heteroatoms. The van der Waals surface area contributed by atoms with Gasteiger partial charge in [-0.15, -0.1) is 0 Å². The summed E-state index contributed by atoms with van der Waals surface area (Å²) in [5.74, 6) is -1.18. The van der Waals surface area contributed by atoms with E-state index in [1.165, 1.54) is 4.90 Å². The molecule has 1 fully saturated rings. The fraction of sp³-hybridized carbons (Fsp3) is 0.385. The summed E-state index contributed by atoms with van der Waals surface area (Å²) in [6, 6.07) is 13.6. The van der Waals surface area contributed by atoms with Crippen LogP contribution in [0.2, 0.25) is 0 Å². The molecule has 4 amide bonds. The molecule has 0 saturated carbocycles. The zero-order valence-electron chi connectivity index (χ0n) is 20.5. The standard InChI is InChI=1S/C26H31N5O5/c1-18-7-3-4-8-19(18)27-23(32)15-22-26(35)28-20-9-5-6-10-21(20)31(22)17-24(33)29(2)16-25(34)30-11-13-36-14-12-30/h3-10,22H,11-17H2,1-2H3,(H,27,32)(H,28,35)/t22-/m0/s1. The highest BCUT2D eigenvalue weighted by atomic mass is 16.5. The number of nitrogens with one attached hydrogen (secondary N) is 2. The number of carbonyl (C=O) groups is 4. The van der Waals surface area contributed by atoms with Crippen LogP contribution in [0.25, 0.3) is 0 Å². The second-order valence-corrected chi connectivity index (χ2v) is 8.96. The van der Waals surface area contributed by atoms with Gasteiger partial charge >= 0.3 is 0 Å². The van der Waals surface area contributed by atoms with Gasteiger partial charge in [0, 0.05) is 25.8 Å². The van der Waals surface area contributed by atoms with Gasteiger partial charge in [0.2, 0.25) is 23.6 Å². The number of benzene rings is 2. The third-order valence-corrected chi connectivity index (χ3v) is 6.42. The monoisotopic (exact) mass is 493 g/mol. The second kappa shape index (κ2) is 11.2. The molecule has 190 valence electrons. The Labute approximate surface area is 210 Å². The van der Waals surface area contributed by atoms with Crippen LogP contribution in [0.15, 0.2) is 48.5 Å². The fourth-order valence-corrected chi connectivity index (χ4v) is 4.31. The number of anilines is 3. The molecule has 1 atom stereocenters. The predicted molar refractivity (Wildman–Crippen MR) is 136 cm³/mol. The average molecular weight is 494 g/mol. The molecule has 2 aromatic carbocycles. The molecule has 36 heavy (non-hydrogen) atoms. The van der Waals surface area contributed by atoms with E-state index in [2.05, 4.69) is 10.6 Å². The molecule has 2 heterocycles. The maximum Gasteiger partial charge on any atom is 0.247 e. The summed E-state index contributed by atoms with van der Waals surface area (Å²) in [6.45, 7) is 3.62. The Morgan fingerprint density at radius 3 is 2.53 bits per heavy atom. The van der Waals surface area contributed by atoms with Gasteiger partial charge in [0.1, 0.15) is 6.04 Å². The van der Waals surface area contributed by atoms with E-state index in [0.29, 0.717) is 43.4 Å². The topological polar surface area (TPSA) is 111 Å². The van der Waals surface area contributed by atoms with Crippen LogP contribution in [0, 0.1) is 6.92 Å². The van der Waals surface area contributed by atoms with Crippen LogP contribution < -0.4 is 15.5 Å². The van der Waals surface area contributed by atoms with E-state index in [1.807, 2.05) is 31.2 Å². The molecule has 2 N–H and O–H groups in total. The summed E-state index contributed by atoms with van der Waals surface area (Å²) in [6.07, 6.45) is -0.141. The normalized spacial score (nSPS) is 17.2. The predicted octanol–water partition coefficient (Wildman–Crippen LogP) is 1.47. The number of ether oxygens (including phenoxy) is 1. The molecule has 0 bridgehead atoms. The Kier molecular flexibility index (Phi) is 7.84. The Morgan fingerprint density at radius 1 is 1.08 bits per heavy atom. The Hall–Kier alpha value is -3.92. The zero-order chi connectivity index (χ0) is 25.7. The molecular weight excluding hydrogens is 462 g/mol. The van der Waals surface area contributed by atoms with Gasteiger partial charge in [-0.3, -0.25) is 19.2 Å². The molecule has 0 radical (unpaired) electrons. The van der Waals surface area contributed by atoms with E-state index in [4.69, 9.17) is 4.74 Å². The first-order valence-corrected chi connectivity index (χ1v) is 11.9. The highest BCUT2D eigenvalue weighted by Crippen LogP contribution is 2.33. The summed E-state index contributed by atoms with van der Waals surface area (Å²) in [4.78, 5) is 56.4. The van der Waals surface area contributed by atoms with E-state index >= 15 is 0 Å². The van der Waals surface area contributed by atoms with Crippen molar-refractivity contribution in [3.05, 3.63) is 54.1 Å². The van der Waals surface area contributed by atoms with Crippen LogP contribution in [-0.4, -0.2) is 85.9 Å². The van der Waals surface area contributed by atoms with Crippen molar-refractivity contribution in [2.45, 2.75) is 19.4 Å². The molecule has 0 spiro atoms. The van der Waals surface area contributed by atoms with E-state index in [1.54, 1.807) is 41.1 Å². The number of nitrogens with zero attached hydrogens (tertiary/aromatic N) is 3. The van der Waals surface area contributed by atoms with Crippen molar-refractivity contribution in [2.75, 3.05) is 62.0 Å². The van der Waals surface area contributed by atoms with E-state index < -0.39 is 6.04 Å². The maximum atomic E-state index is 13.2. The number of fused-ring (bicyclic) bond motifs is 1. The highest BCUT2D eigenvalue weighted by Gasteiger charge is 2.36. The van der Waals surface area contributed by atoms with Gasteiger partial charge in [-0.2, -0.15) is 0 Å². The minimum Gasteiger partial charge on any atom is -0.378 e. The lowest BCUT2D eigenvalue weighted by Gasteiger charge is -2.38. The largest absolute Gasteiger partial charge is 0.378 e. The van der Waals surface area contributed by atoms with Crippen LogP contribution in [0.4, 0.5) is 17.1 Å². The first-order valence-electron chi connectivity index (χ1n) is 11.9. The number of likely N-dealkylation sites (N-methyl/N-ethyl adjacent to an activating group) is 1. The van der Waals surface area contributed by atoms with Gasteiger partial charge < -0.3 is 30.1 Å². The van der Waals surface area contributed by atoms with Gasteiger partial charge in [0.05, 0.1) is 44.1 Å². The van der Waals surface area contributed by atoms with E-state index in [-0.39, 0.29) is 43.1 Å². The van der Waals surface area contributed by atoms with Crippen LogP contribution in [0.3, 0.4) is 0 Å². The molecule has 2 aromatic rings. The average Bonchev–Trinajstić information content (AvgIpc) is 2.87. The fourth-order valence-electron chi connectivity index (χ4n) is 4.31. The number of morpholine rings is 1. The molecule has 0 aromatic heterocycles. The molecule has 4 rings (SSSR count). The van der Waals surface area contributed by atoms with Gasteiger partial charge in [-0.05, 0) is 30.7 Å². The summed E-state index contributed by atoms with van der Waals surface area (Å²) >= 11 is 0. The zero-order valence-corrected chi connectivity index (χ0v) is 20.5. The SMILES string of the molecule is Cc1ccccc1NC(=O)C[C@H]1C(=O)Nc2ccccc2N1CC(=O)N(C)CC(=O)N1CCOCC1. The summed E-state index contributed by atoms with van der Waals surface area (Å²) in [5.41, 5.74) is 2.79. The van der Waals surface area contributed by atoms with Crippen molar-refractivity contribution in [1.29, 1.82) is 0 Å². The summed E-state index contributed by atoms with van der Waals surface area (Å²) < 4.78 is 5.28. The lowest BCUT2D eigenvalue weighted by molar-refractivity contribution is -0.141. The quantitative estimate of drug-likeness (QED) is 0.604. The van der Waals surface area contributed by atoms with Crippen molar-refractivity contribution < 1.29 is 23.9 Å². The second-order valence-electron chi connectivity index (χ2n) is 8.96. The van der Waals surface area contributed by atoms with Crippen molar-refractivity contribution in [1.82, 2.24) is 9.80 Å². The Morgan fingerprint density at radius 2 is 1.78 bits per heavy atom. The molecule has 0 aliphatic carbocycles. The minimum absolute atomic E-state index is 0.0705. The highest BCUT2D eigenvalue weighted by molar-refractivity contribution is 6.07. The number of rotatable bonds is 7. The van der Waals surface area contributed by atoms with Crippen molar-refractivity contribution in [2.24, 2.45) is 0 Å². The van der Waals surface area contributed by atoms with Crippen LogP contribution in [-0.2, 0) is 23.9 Å². The molecule has 0 unspecified atom stereocenters. The Bertz CT molecular complexity index is 1150. The van der Waals surface area contributed by atoms with E-state index in [0.717, 1.165) is 5.56 Å². The van der Waals surface area contributed by atoms with E-state index in [9.17, 15) is 19.2 Å². The third kappa shape index (κ3) is 5.83. The number of carbonyl (C=O) groups excluding carboxylic acids is 4. The van der Waals surface area contributed by atoms with Crippen LogP contribution in [0.5, 0.6) is 0 Å². The van der Waals surface area contributed by atoms with Gasteiger partial charge in [0.25, 0.3) is 0 Å². The lowest BCUT2D eigenvalue weighted by atomic mass is 10.0.